The van der Waals surface area contributed by atoms with Gasteiger partial charge in [0.1, 0.15) is 0 Å². The molecular formula is C25H18BrNO5. The van der Waals surface area contributed by atoms with Gasteiger partial charge in [-0.05, 0) is 66.6 Å². The van der Waals surface area contributed by atoms with E-state index in [1.54, 1.807) is 48.5 Å². The summed E-state index contributed by atoms with van der Waals surface area (Å²) in [6.45, 7) is 1.84. The van der Waals surface area contributed by atoms with Crippen LogP contribution < -0.4 is 9.47 Å². The second-order valence-corrected chi connectivity index (χ2v) is 7.87. The fourth-order valence-electron chi connectivity index (χ4n) is 3.10. The Morgan fingerprint density at radius 3 is 2.50 bits per heavy atom. The van der Waals surface area contributed by atoms with Gasteiger partial charge in [0, 0.05) is 10.0 Å². The standard InChI is InChI=1S/C25H18BrNO5/c1-15-5-3-4-6-19(15)24(28)31-21-12-7-16(14-22(21)30-2)13-20-25(29)32-23(27-20)17-8-10-18(26)11-9-17/h3-14H,1-2H3. The number of ether oxygens (including phenoxy) is 3. The van der Waals surface area contributed by atoms with Crippen molar-refractivity contribution in [3.8, 4) is 11.5 Å². The van der Waals surface area contributed by atoms with E-state index in [2.05, 4.69) is 20.9 Å². The number of aryl methyl sites for hydroxylation is 1. The maximum Gasteiger partial charge on any atom is 0.363 e. The molecule has 0 aromatic heterocycles. The normalized spacial score (nSPS) is 14.2. The molecule has 0 unspecified atom stereocenters. The molecule has 1 heterocycles. The van der Waals surface area contributed by atoms with Crippen molar-refractivity contribution in [1.29, 1.82) is 0 Å². The van der Waals surface area contributed by atoms with Crippen molar-refractivity contribution in [2.24, 2.45) is 4.99 Å². The molecule has 32 heavy (non-hydrogen) atoms. The number of cyclic esters (lactones) is 1. The molecule has 6 nitrogen and oxygen atoms in total. The monoisotopic (exact) mass is 491 g/mol. The number of carbonyl (C=O) groups is 2. The van der Waals surface area contributed by atoms with Crippen LogP contribution in [-0.4, -0.2) is 24.9 Å². The second-order valence-electron chi connectivity index (χ2n) is 6.96. The fourth-order valence-corrected chi connectivity index (χ4v) is 3.36. The van der Waals surface area contributed by atoms with Gasteiger partial charge in [-0.25, -0.2) is 14.6 Å². The van der Waals surface area contributed by atoms with Gasteiger partial charge in [0.25, 0.3) is 0 Å². The van der Waals surface area contributed by atoms with Crippen molar-refractivity contribution in [1.82, 2.24) is 0 Å². The van der Waals surface area contributed by atoms with E-state index < -0.39 is 11.9 Å². The summed E-state index contributed by atoms with van der Waals surface area (Å²) in [4.78, 5) is 29.1. The molecule has 1 aliphatic heterocycles. The Kier molecular flexibility index (Phi) is 6.18. The molecule has 160 valence electrons. The summed E-state index contributed by atoms with van der Waals surface area (Å²) in [6, 6.07) is 19.4. The van der Waals surface area contributed by atoms with Crippen molar-refractivity contribution < 1.29 is 23.8 Å². The highest BCUT2D eigenvalue weighted by Gasteiger charge is 2.24. The average molecular weight is 492 g/mol. The molecule has 3 aromatic carbocycles. The van der Waals surface area contributed by atoms with E-state index >= 15 is 0 Å². The molecule has 0 amide bonds. The lowest BCUT2D eigenvalue weighted by Gasteiger charge is -2.11. The summed E-state index contributed by atoms with van der Waals surface area (Å²) in [5.74, 6) is -0.155. The van der Waals surface area contributed by atoms with Crippen LogP contribution in [0.4, 0.5) is 0 Å². The zero-order valence-corrected chi connectivity index (χ0v) is 18.9. The molecule has 0 spiro atoms. The predicted octanol–water partition coefficient (Wildman–Crippen LogP) is 5.33. The van der Waals surface area contributed by atoms with Crippen LogP contribution in [0.5, 0.6) is 11.5 Å². The van der Waals surface area contributed by atoms with Crippen molar-refractivity contribution in [3.63, 3.8) is 0 Å². The molecule has 1 aliphatic rings. The fraction of sp³-hybridized carbons (Fsp3) is 0.0800. The van der Waals surface area contributed by atoms with Crippen molar-refractivity contribution in [2.75, 3.05) is 7.11 Å². The number of halogens is 1. The average Bonchev–Trinajstić information content (AvgIpc) is 3.15. The zero-order chi connectivity index (χ0) is 22.7. The highest BCUT2D eigenvalue weighted by atomic mass is 79.9. The van der Waals surface area contributed by atoms with Crippen LogP contribution >= 0.6 is 15.9 Å². The lowest BCUT2D eigenvalue weighted by atomic mass is 10.1. The van der Waals surface area contributed by atoms with Gasteiger partial charge in [-0.3, -0.25) is 0 Å². The second kappa shape index (κ2) is 9.20. The number of aliphatic imine (C=N–C) groups is 1. The SMILES string of the molecule is COc1cc(C=C2N=C(c3ccc(Br)cc3)OC2=O)ccc1OC(=O)c1ccccc1C. The topological polar surface area (TPSA) is 74.2 Å². The highest BCUT2D eigenvalue weighted by molar-refractivity contribution is 9.10. The summed E-state index contributed by atoms with van der Waals surface area (Å²) < 4.78 is 17.1. The minimum Gasteiger partial charge on any atom is -0.493 e. The van der Waals surface area contributed by atoms with Crippen LogP contribution in [0, 0.1) is 6.92 Å². The molecule has 0 atom stereocenters. The molecule has 0 saturated carbocycles. The maximum absolute atomic E-state index is 12.5. The lowest BCUT2D eigenvalue weighted by Crippen LogP contribution is -2.10. The van der Waals surface area contributed by atoms with E-state index in [1.165, 1.54) is 7.11 Å². The number of benzene rings is 3. The van der Waals surface area contributed by atoms with Gasteiger partial charge in [-0.2, -0.15) is 0 Å². The van der Waals surface area contributed by atoms with Crippen LogP contribution in [0.25, 0.3) is 6.08 Å². The molecule has 7 heteroatoms. The van der Waals surface area contributed by atoms with Gasteiger partial charge in [-0.1, -0.05) is 40.2 Å². The Morgan fingerprint density at radius 2 is 1.78 bits per heavy atom. The third-order valence-electron chi connectivity index (χ3n) is 4.77. The van der Waals surface area contributed by atoms with E-state index in [9.17, 15) is 9.59 Å². The summed E-state index contributed by atoms with van der Waals surface area (Å²) in [5.41, 5.74) is 2.79. The van der Waals surface area contributed by atoms with Crippen LogP contribution in [0.3, 0.4) is 0 Å². The van der Waals surface area contributed by atoms with E-state index in [0.717, 1.165) is 10.0 Å². The van der Waals surface area contributed by atoms with Crippen molar-refractivity contribution in [3.05, 3.63) is 99.2 Å². The Morgan fingerprint density at radius 1 is 1.03 bits per heavy atom. The first-order chi connectivity index (χ1) is 15.4. The van der Waals surface area contributed by atoms with E-state index in [0.29, 0.717) is 22.4 Å². The Labute approximate surface area is 193 Å². The number of nitrogens with zero attached hydrogens (tertiary/aromatic N) is 1. The Hall–Kier alpha value is -3.71. The third kappa shape index (κ3) is 4.63. The van der Waals surface area contributed by atoms with Crippen molar-refractivity contribution in [2.45, 2.75) is 6.92 Å². The maximum atomic E-state index is 12.5. The third-order valence-corrected chi connectivity index (χ3v) is 5.30. The number of hydrogen-bond donors (Lipinski definition) is 0. The first-order valence-electron chi connectivity index (χ1n) is 9.69. The molecule has 0 bridgehead atoms. The van der Waals surface area contributed by atoms with Gasteiger partial charge >= 0.3 is 11.9 Å². The number of methoxy groups -OCH3 is 1. The summed E-state index contributed by atoms with van der Waals surface area (Å²) in [7, 11) is 1.48. The number of hydrogen-bond acceptors (Lipinski definition) is 6. The molecular weight excluding hydrogens is 474 g/mol. The van der Waals surface area contributed by atoms with E-state index in [-0.39, 0.29) is 17.3 Å². The first-order valence-corrected chi connectivity index (χ1v) is 10.5. The summed E-state index contributed by atoms with van der Waals surface area (Å²) >= 11 is 3.37. The predicted molar refractivity (Wildman–Crippen MR) is 124 cm³/mol. The largest absolute Gasteiger partial charge is 0.493 e. The minimum absolute atomic E-state index is 0.162. The molecule has 4 rings (SSSR count). The van der Waals surface area contributed by atoms with Gasteiger partial charge < -0.3 is 14.2 Å². The van der Waals surface area contributed by atoms with Crippen molar-refractivity contribution >= 4 is 39.8 Å². The number of esters is 2. The molecule has 0 saturated heterocycles. The van der Waals surface area contributed by atoms with Crippen LogP contribution in [0.1, 0.15) is 27.0 Å². The smallest absolute Gasteiger partial charge is 0.363 e. The summed E-state index contributed by atoms with van der Waals surface area (Å²) in [5, 5.41) is 0. The molecule has 0 aliphatic carbocycles. The number of carbonyl (C=O) groups excluding carboxylic acids is 2. The van der Waals surface area contributed by atoms with Gasteiger partial charge in [0.05, 0.1) is 12.7 Å². The zero-order valence-electron chi connectivity index (χ0n) is 17.3. The van der Waals surface area contributed by atoms with E-state index in [1.807, 2.05) is 31.2 Å². The van der Waals surface area contributed by atoms with Crippen LogP contribution in [0.15, 0.2) is 81.9 Å². The van der Waals surface area contributed by atoms with E-state index in [4.69, 9.17) is 14.2 Å². The molecule has 0 N–H and O–H groups in total. The quantitative estimate of drug-likeness (QED) is 0.274. The minimum atomic E-state index is -0.544. The highest BCUT2D eigenvalue weighted by Crippen LogP contribution is 2.31. The molecule has 0 fully saturated rings. The lowest BCUT2D eigenvalue weighted by molar-refractivity contribution is -0.129. The van der Waals surface area contributed by atoms with Gasteiger partial charge in [-0.15, -0.1) is 0 Å². The summed E-state index contributed by atoms with van der Waals surface area (Å²) in [6.07, 6.45) is 1.59. The Balaban J connectivity index is 1.58. The van der Waals surface area contributed by atoms with Crippen LogP contribution in [0.2, 0.25) is 0 Å². The van der Waals surface area contributed by atoms with Gasteiger partial charge in [0.2, 0.25) is 5.90 Å². The first kappa shape index (κ1) is 21.5. The Bertz CT molecular complexity index is 1260. The number of rotatable bonds is 5. The molecule has 3 aromatic rings. The molecule has 0 radical (unpaired) electrons. The van der Waals surface area contributed by atoms with Crippen LogP contribution in [-0.2, 0) is 9.53 Å². The van der Waals surface area contributed by atoms with Gasteiger partial charge in [0.15, 0.2) is 17.2 Å².